The predicted molar refractivity (Wildman–Crippen MR) is 66.8 cm³/mol. The first-order chi connectivity index (χ1) is 8.19. The van der Waals surface area contributed by atoms with E-state index < -0.39 is 0 Å². The Kier molecular flexibility index (Phi) is 5.72. The maximum atomic E-state index is 11.6. The Bertz CT molecular complexity index is 349. The molecule has 5 nitrogen and oxygen atoms in total. The molecule has 0 spiro atoms. The van der Waals surface area contributed by atoms with Crippen LogP contribution in [-0.4, -0.2) is 37.8 Å². The van der Waals surface area contributed by atoms with Crippen LogP contribution in [-0.2, 0) is 16.1 Å². The Labute approximate surface area is 102 Å². The van der Waals surface area contributed by atoms with Gasteiger partial charge >= 0.3 is 0 Å². The molecule has 0 fully saturated rings. The molecule has 1 heterocycles. The molecule has 1 aromatic heterocycles. The minimum absolute atomic E-state index is 0.00260. The van der Waals surface area contributed by atoms with Crippen LogP contribution in [0, 0.1) is 0 Å². The highest BCUT2D eigenvalue weighted by Crippen LogP contribution is 2.12. The molecule has 1 unspecified atom stereocenters. The summed E-state index contributed by atoms with van der Waals surface area (Å²) in [7, 11) is 3.52. The molecular weight excluding hydrogens is 218 g/mol. The molecule has 0 aliphatic heterocycles. The molecule has 2 N–H and O–H groups in total. The zero-order valence-corrected chi connectivity index (χ0v) is 10.7. The summed E-state index contributed by atoms with van der Waals surface area (Å²) in [5, 5.41) is 5.96. The molecule has 1 rings (SSSR count). The van der Waals surface area contributed by atoms with Gasteiger partial charge in [-0.05, 0) is 26.1 Å². The van der Waals surface area contributed by atoms with Crippen LogP contribution in [0.1, 0.15) is 18.7 Å². The Morgan fingerprint density at radius 2 is 2.35 bits per heavy atom. The van der Waals surface area contributed by atoms with E-state index in [-0.39, 0.29) is 11.9 Å². The van der Waals surface area contributed by atoms with Gasteiger partial charge in [-0.1, -0.05) is 0 Å². The molecule has 0 saturated carbocycles. The normalized spacial score (nSPS) is 12.4. The maximum Gasteiger partial charge on any atom is 0.240 e. The second-order valence-corrected chi connectivity index (χ2v) is 3.91. The molecule has 17 heavy (non-hydrogen) atoms. The lowest BCUT2D eigenvalue weighted by molar-refractivity contribution is -0.121. The molecule has 0 aliphatic carbocycles. The number of amides is 1. The van der Waals surface area contributed by atoms with E-state index in [2.05, 4.69) is 17.6 Å². The predicted octanol–water partition coefficient (Wildman–Crippen LogP) is 0.531. The lowest BCUT2D eigenvalue weighted by Crippen LogP contribution is -2.31. The summed E-state index contributed by atoms with van der Waals surface area (Å²) < 4.78 is 6.82. The number of rotatable bonds is 7. The van der Waals surface area contributed by atoms with Gasteiger partial charge in [-0.3, -0.25) is 4.79 Å². The van der Waals surface area contributed by atoms with Crippen molar-refractivity contribution in [3.8, 4) is 0 Å². The van der Waals surface area contributed by atoms with Crippen LogP contribution in [0.3, 0.4) is 0 Å². The molecule has 0 aliphatic rings. The first-order valence-corrected chi connectivity index (χ1v) is 5.77. The minimum atomic E-state index is 0.00260. The number of hydrogen-bond donors (Lipinski definition) is 2. The van der Waals surface area contributed by atoms with Gasteiger partial charge in [0.25, 0.3) is 0 Å². The molecule has 0 radical (unpaired) electrons. The van der Waals surface area contributed by atoms with Crippen molar-refractivity contribution in [2.75, 3.05) is 27.3 Å². The van der Waals surface area contributed by atoms with Crippen LogP contribution in [0.2, 0.25) is 0 Å². The van der Waals surface area contributed by atoms with Gasteiger partial charge in [-0.25, -0.2) is 0 Å². The van der Waals surface area contributed by atoms with Crippen LogP contribution in [0.25, 0.3) is 0 Å². The number of ether oxygens (including phenoxy) is 1. The number of methoxy groups -OCH3 is 1. The third-order valence-electron chi connectivity index (χ3n) is 2.68. The number of aromatic nitrogens is 1. The summed E-state index contributed by atoms with van der Waals surface area (Å²) in [6, 6.07) is 4.20. The van der Waals surface area contributed by atoms with E-state index in [4.69, 9.17) is 4.74 Å². The topological polar surface area (TPSA) is 55.3 Å². The quantitative estimate of drug-likeness (QED) is 0.683. The van der Waals surface area contributed by atoms with Crippen molar-refractivity contribution in [3.05, 3.63) is 24.0 Å². The van der Waals surface area contributed by atoms with Crippen molar-refractivity contribution in [3.63, 3.8) is 0 Å². The number of carbonyl (C=O) groups is 1. The lowest BCUT2D eigenvalue weighted by Gasteiger charge is -2.14. The third-order valence-corrected chi connectivity index (χ3v) is 2.68. The van der Waals surface area contributed by atoms with Crippen molar-refractivity contribution >= 4 is 5.91 Å². The van der Waals surface area contributed by atoms with Crippen molar-refractivity contribution in [2.24, 2.45) is 0 Å². The van der Waals surface area contributed by atoms with Gasteiger partial charge in [0, 0.05) is 31.6 Å². The van der Waals surface area contributed by atoms with Gasteiger partial charge in [-0.15, -0.1) is 0 Å². The second kappa shape index (κ2) is 7.09. The van der Waals surface area contributed by atoms with Gasteiger partial charge in [0.1, 0.15) is 6.54 Å². The number of nitrogens with one attached hydrogen (secondary N) is 2. The van der Waals surface area contributed by atoms with Crippen LogP contribution in [0.15, 0.2) is 18.3 Å². The number of carbonyl (C=O) groups excluding carboxylic acids is 1. The first-order valence-electron chi connectivity index (χ1n) is 5.77. The van der Waals surface area contributed by atoms with Gasteiger partial charge in [-0.2, -0.15) is 0 Å². The van der Waals surface area contributed by atoms with E-state index >= 15 is 0 Å². The van der Waals surface area contributed by atoms with Crippen molar-refractivity contribution < 1.29 is 9.53 Å². The first kappa shape index (κ1) is 13.7. The van der Waals surface area contributed by atoms with E-state index in [1.165, 1.54) is 0 Å². The molecule has 96 valence electrons. The smallest absolute Gasteiger partial charge is 0.240 e. The zero-order valence-electron chi connectivity index (χ0n) is 10.7. The fourth-order valence-electron chi connectivity index (χ4n) is 1.62. The highest BCUT2D eigenvalue weighted by atomic mass is 16.5. The fraction of sp³-hybridized carbons (Fsp3) is 0.583. The van der Waals surface area contributed by atoms with Crippen LogP contribution in [0.5, 0.6) is 0 Å². The van der Waals surface area contributed by atoms with Crippen molar-refractivity contribution in [1.29, 1.82) is 0 Å². The van der Waals surface area contributed by atoms with Gasteiger partial charge in [0.15, 0.2) is 0 Å². The molecule has 0 aromatic carbocycles. The molecule has 1 aromatic rings. The average molecular weight is 239 g/mol. The highest BCUT2D eigenvalue weighted by molar-refractivity contribution is 5.75. The van der Waals surface area contributed by atoms with Crippen LogP contribution in [0.4, 0.5) is 0 Å². The largest absolute Gasteiger partial charge is 0.383 e. The SMILES string of the molecule is CNC(C)c1cccn1CC(=O)NCCOC. The lowest BCUT2D eigenvalue weighted by atomic mass is 10.2. The molecule has 1 atom stereocenters. The molecule has 0 saturated heterocycles. The van der Waals surface area contributed by atoms with E-state index in [9.17, 15) is 4.79 Å². The van der Waals surface area contributed by atoms with E-state index in [1.807, 2.05) is 29.9 Å². The Morgan fingerprint density at radius 3 is 3.00 bits per heavy atom. The standard InChI is InChI=1S/C12H21N3O2/c1-10(13-2)11-5-4-7-15(11)9-12(16)14-6-8-17-3/h4-5,7,10,13H,6,8-9H2,1-3H3,(H,14,16). The van der Waals surface area contributed by atoms with Crippen LogP contribution >= 0.6 is 0 Å². The monoisotopic (exact) mass is 239 g/mol. The maximum absolute atomic E-state index is 11.6. The van der Waals surface area contributed by atoms with E-state index in [0.29, 0.717) is 19.7 Å². The molecule has 1 amide bonds. The third kappa shape index (κ3) is 4.20. The summed E-state index contributed by atoms with van der Waals surface area (Å²) in [4.78, 5) is 11.6. The molecule has 5 heteroatoms. The Hall–Kier alpha value is -1.33. The molecular formula is C12H21N3O2. The average Bonchev–Trinajstić information content (AvgIpc) is 2.76. The Balaban J connectivity index is 2.50. The minimum Gasteiger partial charge on any atom is -0.383 e. The number of hydrogen-bond acceptors (Lipinski definition) is 3. The van der Waals surface area contributed by atoms with E-state index in [1.54, 1.807) is 7.11 Å². The Morgan fingerprint density at radius 1 is 1.59 bits per heavy atom. The fourth-order valence-corrected chi connectivity index (χ4v) is 1.62. The zero-order chi connectivity index (χ0) is 12.7. The van der Waals surface area contributed by atoms with Gasteiger partial charge in [0.05, 0.1) is 6.61 Å². The summed E-state index contributed by atoms with van der Waals surface area (Å²) >= 11 is 0. The highest BCUT2D eigenvalue weighted by Gasteiger charge is 2.10. The number of nitrogens with zero attached hydrogens (tertiary/aromatic N) is 1. The van der Waals surface area contributed by atoms with Gasteiger partial charge in [0.2, 0.25) is 5.91 Å². The summed E-state index contributed by atoms with van der Waals surface area (Å²) in [5.74, 6) is 0.00260. The van der Waals surface area contributed by atoms with E-state index in [0.717, 1.165) is 5.69 Å². The second-order valence-electron chi connectivity index (χ2n) is 3.91. The molecule has 0 bridgehead atoms. The summed E-state index contributed by atoms with van der Waals surface area (Å²) in [6.07, 6.45) is 1.92. The van der Waals surface area contributed by atoms with Crippen molar-refractivity contribution in [1.82, 2.24) is 15.2 Å². The van der Waals surface area contributed by atoms with Gasteiger partial charge < -0.3 is 19.9 Å². The van der Waals surface area contributed by atoms with Crippen LogP contribution < -0.4 is 10.6 Å². The van der Waals surface area contributed by atoms with Crippen molar-refractivity contribution in [2.45, 2.75) is 19.5 Å². The summed E-state index contributed by atoms with van der Waals surface area (Å²) in [6.45, 7) is 3.50. The summed E-state index contributed by atoms with van der Waals surface area (Å²) in [5.41, 5.74) is 1.11.